The Kier molecular flexibility index (Phi) is 4.86. The van der Waals surface area contributed by atoms with E-state index in [1.54, 1.807) is 21.8 Å². The number of hydrogen-bond donors (Lipinski definition) is 0. The summed E-state index contributed by atoms with van der Waals surface area (Å²) in [6, 6.07) is 3.32. The van der Waals surface area contributed by atoms with Crippen LogP contribution in [0.25, 0.3) is 0 Å². The largest absolute Gasteiger partial charge is 0.379 e. The van der Waals surface area contributed by atoms with E-state index >= 15 is 0 Å². The van der Waals surface area contributed by atoms with Crippen LogP contribution >= 0.6 is 11.3 Å². The SMILES string of the molecule is CN(C)CCO[C@H]1CN(S(=O)(=O)c2cccs2)[C@@H]2COC[C@H]12. The second kappa shape index (κ2) is 6.54. The van der Waals surface area contributed by atoms with Crippen molar-refractivity contribution >= 4 is 21.4 Å². The minimum absolute atomic E-state index is 0.0813. The van der Waals surface area contributed by atoms with Crippen molar-refractivity contribution in [2.75, 3.05) is 47.0 Å². The van der Waals surface area contributed by atoms with Crippen LogP contribution in [0.2, 0.25) is 0 Å². The molecule has 22 heavy (non-hydrogen) atoms. The van der Waals surface area contributed by atoms with E-state index in [0.29, 0.717) is 30.6 Å². The highest BCUT2D eigenvalue weighted by Crippen LogP contribution is 2.36. The Morgan fingerprint density at radius 1 is 1.45 bits per heavy atom. The van der Waals surface area contributed by atoms with Gasteiger partial charge in [0.1, 0.15) is 4.21 Å². The Morgan fingerprint density at radius 2 is 2.27 bits per heavy atom. The van der Waals surface area contributed by atoms with Crippen molar-refractivity contribution in [2.24, 2.45) is 5.92 Å². The third-order valence-corrected chi connectivity index (χ3v) is 7.49. The standard InChI is InChI=1S/C14H22N2O4S2/c1-15(2)5-6-20-13-8-16(12-10-19-9-11(12)13)22(17,18)14-4-3-7-21-14/h3-4,7,11-13H,5-6,8-10H2,1-2H3/t11-,12+,13-/m0/s1. The molecule has 0 unspecified atom stereocenters. The Labute approximate surface area is 135 Å². The number of fused-ring (bicyclic) bond motifs is 1. The van der Waals surface area contributed by atoms with Crippen molar-refractivity contribution in [2.45, 2.75) is 16.4 Å². The molecule has 0 bridgehead atoms. The van der Waals surface area contributed by atoms with Crippen LogP contribution in [0.15, 0.2) is 21.7 Å². The molecule has 0 radical (unpaired) electrons. The third kappa shape index (κ3) is 3.08. The number of hydrogen-bond acceptors (Lipinski definition) is 6. The smallest absolute Gasteiger partial charge is 0.252 e. The number of sulfonamides is 1. The monoisotopic (exact) mass is 346 g/mol. The van der Waals surface area contributed by atoms with Gasteiger partial charge in [0.15, 0.2) is 0 Å². The zero-order valence-corrected chi connectivity index (χ0v) is 14.5. The molecule has 2 fully saturated rings. The van der Waals surface area contributed by atoms with Gasteiger partial charge in [0.05, 0.1) is 32.0 Å². The number of nitrogens with zero attached hydrogens (tertiary/aromatic N) is 2. The van der Waals surface area contributed by atoms with E-state index in [4.69, 9.17) is 9.47 Å². The lowest BCUT2D eigenvalue weighted by Gasteiger charge is -2.20. The zero-order valence-electron chi connectivity index (χ0n) is 12.8. The average molecular weight is 346 g/mol. The first-order chi connectivity index (χ1) is 10.5. The minimum Gasteiger partial charge on any atom is -0.379 e. The van der Waals surface area contributed by atoms with Crippen molar-refractivity contribution in [3.8, 4) is 0 Å². The van der Waals surface area contributed by atoms with E-state index in [9.17, 15) is 8.42 Å². The molecule has 1 aromatic rings. The summed E-state index contributed by atoms with van der Waals surface area (Å²) in [6.07, 6.45) is -0.0813. The predicted molar refractivity (Wildman–Crippen MR) is 84.6 cm³/mol. The molecular formula is C14H22N2O4S2. The van der Waals surface area contributed by atoms with Crippen molar-refractivity contribution in [3.05, 3.63) is 17.5 Å². The van der Waals surface area contributed by atoms with Crippen LogP contribution in [0.3, 0.4) is 0 Å². The summed E-state index contributed by atoms with van der Waals surface area (Å²) >= 11 is 1.26. The molecule has 8 heteroatoms. The van der Waals surface area contributed by atoms with E-state index in [-0.39, 0.29) is 18.1 Å². The predicted octanol–water partition coefficient (Wildman–Crippen LogP) is 0.714. The van der Waals surface area contributed by atoms with E-state index in [1.165, 1.54) is 11.3 Å². The number of rotatable bonds is 6. The summed E-state index contributed by atoms with van der Waals surface area (Å²) < 4.78 is 39.0. The van der Waals surface area contributed by atoms with Crippen molar-refractivity contribution in [1.29, 1.82) is 0 Å². The second-order valence-corrected chi connectivity index (χ2v) is 9.05. The Morgan fingerprint density at radius 3 is 2.95 bits per heavy atom. The Bertz CT molecular complexity index is 588. The van der Waals surface area contributed by atoms with E-state index < -0.39 is 10.0 Å². The first-order valence-corrected chi connectivity index (χ1v) is 9.71. The maximum Gasteiger partial charge on any atom is 0.252 e. The molecule has 0 amide bonds. The van der Waals surface area contributed by atoms with Gasteiger partial charge in [-0.15, -0.1) is 11.3 Å². The Hall–Kier alpha value is -0.510. The van der Waals surface area contributed by atoms with Crippen molar-refractivity contribution in [1.82, 2.24) is 9.21 Å². The fraction of sp³-hybridized carbons (Fsp3) is 0.714. The normalized spacial score (nSPS) is 29.3. The summed E-state index contributed by atoms with van der Waals surface area (Å²) in [7, 11) is 0.544. The molecule has 3 atom stereocenters. The van der Waals surface area contributed by atoms with Crippen molar-refractivity contribution in [3.63, 3.8) is 0 Å². The van der Waals surface area contributed by atoms with E-state index in [1.807, 2.05) is 14.1 Å². The lowest BCUT2D eigenvalue weighted by Crippen LogP contribution is -2.37. The lowest BCUT2D eigenvalue weighted by molar-refractivity contribution is 0.0171. The van der Waals surface area contributed by atoms with Crippen LogP contribution in [0, 0.1) is 5.92 Å². The molecule has 2 aliphatic heterocycles. The van der Waals surface area contributed by atoms with Crippen LogP contribution in [0.1, 0.15) is 0 Å². The molecule has 0 aliphatic carbocycles. The first kappa shape index (κ1) is 16.4. The molecule has 0 N–H and O–H groups in total. The summed E-state index contributed by atoms with van der Waals surface area (Å²) in [5.74, 6) is 0.136. The van der Waals surface area contributed by atoms with Gasteiger partial charge >= 0.3 is 0 Å². The van der Waals surface area contributed by atoms with Crippen LogP contribution < -0.4 is 0 Å². The number of thiophene rings is 1. The van der Waals surface area contributed by atoms with E-state index in [0.717, 1.165) is 6.54 Å². The highest BCUT2D eigenvalue weighted by atomic mass is 32.2. The molecule has 2 aliphatic rings. The second-order valence-electron chi connectivity index (χ2n) is 5.99. The van der Waals surface area contributed by atoms with Gasteiger partial charge in [0, 0.05) is 19.0 Å². The summed E-state index contributed by atoms with van der Waals surface area (Å²) in [5, 5.41) is 1.79. The molecule has 6 nitrogen and oxygen atoms in total. The fourth-order valence-electron chi connectivity index (χ4n) is 3.02. The van der Waals surface area contributed by atoms with Gasteiger partial charge in [-0.25, -0.2) is 8.42 Å². The van der Waals surface area contributed by atoms with Gasteiger partial charge in [-0.3, -0.25) is 0 Å². The zero-order chi connectivity index (χ0) is 15.7. The summed E-state index contributed by atoms with van der Waals surface area (Å²) in [4.78, 5) is 2.05. The van der Waals surface area contributed by atoms with Gasteiger partial charge in [-0.05, 0) is 25.5 Å². The summed E-state index contributed by atoms with van der Waals surface area (Å²) in [5.41, 5.74) is 0. The van der Waals surface area contributed by atoms with Gasteiger partial charge in [-0.2, -0.15) is 4.31 Å². The average Bonchev–Trinajstić information content (AvgIpc) is 3.16. The van der Waals surface area contributed by atoms with Crippen LogP contribution in [0.4, 0.5) is 0 Å². The molecule has 0 spiro atoms. The molecular weight excluding hydrogens is 324 g/mol. The first-order valence-electron chi connectivity index (χ1n) is 7.39. The number of likely N-dealkylation sites (N-methyl/N-ethyl adjacent to an activating group) is 1. The molecule has 1 aromatic heterocycles. The maximum absolute atomic E-state index is 12.8. The number of ether oxygens (including phenoxy) is 2. The highest BCUT2D eigenvalue weighted by Gasteiger charge is 2.50. The Balaban J connectivity index is 1.73. The minimum atomic E-state index is -3.44. The van der Waals surface area contributed by atoms with Gasteiger partial charge < -0.3 is 14.4 Å². The molecule has 3 heterocycles. The van der Waals surface area contributed by atoms with Gasteiger partial charge in [0.25, 0.3) is 10.0 Å². The maximum atomic E-state index is 12.8. The molecule has 0 aromatic carbocycles. The van der Waals surface area contributed by atoms with Gasteiger partial charge in [0.2, 0.25) is 0 Å². The third-order valence-electron chi connectivity index (χ3n) is 4.23. The lowest BCUT2D eigenvalue weighted by atomic mass is 10.0. The van der Waals surface area contributed by atoms with Gasteiger partial charge in [-0.1, -0.05) is 6.07 Å². The van der Waals surface area contributed by atoms with Crippen LogP contribution in [0.5, 0.6) is 0 Å². The van der Waals surface area contributed by atoms with Crippen LogP contribution in [-0.2, 0) is 19.5 Å². The summed E-state index contributed by atoms with van der Waals surface area (Å²) in [6.45, 7) is 2.89. The molecule has 2 saturated heterocycles. The van der Waals surface area contributed by atoms with Crippen molar-refractivity contribution < 1.29 is 17.9 Å². The topological polar surface area (TPSA) is 59.1 Å². The van der Waals surface area contributed by atoms with Crippen LogP contribution in [-0.4, -0.2) is 76.8 Å². The molecule has 0 saturated carbocycles. The highest BCUT2D eigenvalue weighted by molar-refractivity contribution is 7.91. The molecule has 124 valence electrons. The quantitative estimate of drug-likeness (QED) is 0.759. The fourth-order valence-corrected chi connectivity index (χ4v) is 5.81. The van der Waals surface area contributed by atoms with E-state index in [2.05, 4.69) is 4.90 Å². The molecule has 3 rings (SSSR count).